The number of likely N-dealkylation sites (N-methyl/N-ethyl adjacent to an activating group) is 1. The summed E-state index contributed by atoms with van der Waals surface area (Å²) in [5.74, 6) is 0.812. The van der Waals surface area contributed by atoms with Gasteiger partial charge >= 0.3 is 0 Å². The highest BCUT2D eigenvalue weighted by Crippen LogP contribution is 2.22. The Balaban J connectivity index is 1.62. The number of aromatic nitrogens is 1. The molecule has 0 aromatic carbocycles. The minimum absolute atomic E-state index is 0.0165. The molecule has 0 radical (unpaired) electrons. The topological polar surface area (TPSA) is 51.7 Å². The van der Waals surface area contributed by atoms with Crippen LogP contribution in [-0.4, -0.2) is 79.1 Å². The van der Waals surface area contributed by atoms with Gasteiger partial charge in [0.15, 0.2) is 0 Å². The molecule has 2 aliphatic heterocycles. The number of pyridine rings is 1. The van der Waals surface area contributed by atoms with Crippen molar-refractivity contribution in [3.8, 4) is 0 Å². The van der Waals surface area contributed by atoms with Crippen molar-refractivity contribution in [1.29, 1.82) is 0 Å². The van der Waals surface area contributed by atoms with Crippen molar-refractivity contribution in [3.63, 3.8) is 0 Å². The maximum Gasteiger partial charge on any atom is 0.255 e. The van der Waals surface area contributed by atoms with Crippen LogP contribution in [0.25, 0.3) is 0 Å². The lowest BCUT2D eigenvalue weighted by Gasteiger charge is -2.43. The minimum Gasteiger partial charge on any atom is -0.356 e. The predicted octanol–water partition coefficient (Wildman–Crippen LogP) is 1.44. The summed E-state index contributed by atoms with van der Waals surface area (Å²) in [6.45, 7) is 11.3. The van der Waals surface area contributed by atoms with Crippen LogP contribution in [0.1, 0.15) is 37.0 Å². The Morgan fingerprint density at radius 3 is 2.52 bits per heavy atom. The number of nitrogens with zero attached hydrogens (tertiary/aromatic N) is 4. The average Bonchev–Trinajstić information content (AvgIpc) is 3.15. The van der Waals surface area contributed by atoms with Gasteiger partial charge in [-0.3, -0.25) is 9.69 Å². The smallest absolute Gasteiger partial charge is 0.255 e. The van der Waals surface area contributed by atoms with E-state index in [-0.39, 0.29) is 11.4 Å². The van der Waals surface area contributed by atoms with Crippen LogP contribution < -0.4 is 10.2 Å². The highest BCUT2D eigenvalue weighted by molar-refractivity contribution is 5.98. The molecule has 2 aliphatic rings. The Kier molecular flexibility index (Phi) is 5.59. The van der Waals surface area contributed by atoms with Crippen molar-refractivity contribution in [1.82, 2.24) is 20.1 Å². The number of hydrogen-bond acceptors (Lipinski definition) is 5. The quantitative estimate of drug-likeness (QED) is 0.875. The minimum atomic E-state index is -0.0487. The van der Waals surface area contributed by atoms with E-state index < -0.39 is 0 Å². The SMILES string of the molecule is CN1CCN(C(C)(C)CNC(=O)c2cccnc2N2CCCC2)CC1. The molecule has 25 heavy (non-hydrogen) atoms. The second-order valence-electron chi connectivity index (χ2n) is 7.85. The van der Waals surface area contributed by atoms with Gasteiger partial charge in [-0.25, -0.2) is 4.98 Å². The molecule has 6 heteroatoms. The Hall–Kier alpha value is -1.66. The van der Waals surface area contributed by atoms with E-state index in [1.165, 1.54) is 12.8 Å². The third kappa shape index (κ3) is 4.30. The predicted molar refractivity (Wildman–Crippen MR) is 101 cm³/mol. The fourth-order valence-corrected chi connectivity index (χ4v) is 3.67. The van der Waals surface area contributed by atoms with Crippen LogP contribution in [0.5, 0.6) is 0 Å². The van der Waals surface area contributed by atoms with Gasteiger partial charge in [0.25, 0.3) is 5.91 Å². The second kappa shape index (κ2) is 7.70. The molecular weight excluding hydrogens is 314 g/mol. The number of hydrogen-bond donors (Lipinski definition) is 1. The summed E-state index contributed by atoms with van der Waals surface area (Å²) in [6.07, 6.45) is 4.13. The number of anilines is 1. The molecular formula is C19H31N5O. The third-order valence-corrected chi connectivity index (χ3v) is 5.48. The van der Waals surface area contributed by atoms with Crippen LogP contribution in [0.3, 0.4) is 0 Å². The average molecular weight is 345 g/mol. The molecule has 1 aromatic heterocycles. The number of nitrogens with one attached hydrogen (secondary N) is 1. The van der Waals surface area contributed by atoms with E-state index in [4.69, 9.17) is 0 Å². The number of carbonyl (C=O) groups excluding carboxylic acids is 1. The molecule has 0 atom stereocenters. The summed E-state index contributed by atoms with van der Waals surface area (Å²) in [7, 11) is 2.16. The summed E-state index contributed by atoms with van der Waals surface area (Å²) in [4.78, 5) is 24.3. The molecule has 0 saturated carbocycles. The van der Waals surface area contributed by atoms with Crippen molar-refractivity contribution in [3.05, 3.63) is 23.9 Å². The van der Waals surface area contributed by atoms with Gasteiger partial charge in [-0.15, -0.1) is 0 Å². The Labute approximate surface area is 151 Å². The van der Waals surface area contributed by atoms with E-state index >= 15 is 0 Å². The van der Waals surface area contributed by atoms with E-state index in [2.05, 4.69) is 45.9 Å². The first-order valence-electron chi connectivity index (χ1n) is 9.39. The van der Waals surface area contributed by atoms with Gasteiger partial charge in [0.2, 0.25) is 0 Å². The van der Waals surface area contributed by atoms with Crippen molar-refractivity contribution in [2.24, 2.45) is 0 Å². The molecule has 138 valence electrons. The third-order valence-electron chi connectivity index (χ3n) is 5.48. The molecule has 0 unspecified atom stereocenters. The van der Waals surface area contributed by atoms with Crippen LogP contribution in [0.15, 0.2) is 18.3 Å². The van der Waals surface area contributed by atoms with Gasteiger partial charge < -0.3 is 15.1 Å². The lowest BCUT2D eigenvalue weighted by molar-refractivity contribution is 0.0588. The molecule has 2 saturated heterocycles. The maximum atomic E-state index is 12.8. The maximum absolute atomic E-state index is 12.8. The van der Waals surface area contributed by atoms with Crippen molar-refractivity contribution in [2.45, 2.75) is 32.2 Å². The highest BCUT2D eigenvalue weighted by atomic mass is 16.1. The molecule has 1 aromatic rings. The van der Waals surface area contributed by atoms with Crippen molar-refractivity contribution < 1.29 is 4.79 Å². The molecule has 6 nitrogen and oxygen atoms in total. The Morgan fingerprint density at radius 2 is 1.84 bits per heavy atom. The molecule has 3 heterocycles. The number of amides is 1. The zero-order valence-corrected chi connectivity index (χ0v) is 15.8. The second-order valence-corrected chi connectivity index (χ2v) is 7.85. The Morgan fingerprint density at radius 1 is 1.16 bits per heavy atom. The molecule has 0 aliphatic carbocycles. The van der Waals surface area contributed by atoms with Gasteiger partial charge in [0.1, 0.15) is 5.82 Å². The van der Waals surface area contributed by atoms with E-state index in [1.54, 1.807) is 6.20 Å². The van der Waals surface area contributed by atoms with Crippen molar-refractivity contribution in [2.75, 3.05) is 57.8 Å². The first kappa shape index (κ1) is 18.1. The summed E-state index contributed by atoms with van der Waals surface area (Å²) in [5, 5.41) is 3.15. The molecule has 1 amide bonds. The Bertz CT molecular complexity index is 589. The van der Waals surface area contributed by atoms with Crippen LogP contribution in [0, 0.1) is 0 Å². The van der Waals surface area contributed by atoms with Crippen molar-refractivity contribution >= 4 is 11.7 Å². The molecule has 0 spiro atoms. The van der Waals surface area contributed by atoms with E-state index in [9.17, 15) is 4.79 Å². The fraction of sp³-hybridized carbons (Fsp3) is 0.684. The number of carbonyl (C=O) groups is 1. The summed E-state index contributed by atoms with van der Waals surface area (Å²) in [6, 6.07) is 3.74. The molecule has 2 fully saturated rings. The lowest BCUT2D eigenvalue weighted by Crippen LogP contribution is -2.57. The molecule has 1 N–H and O–H groups in total. The summed E-state index contributed by atoms with van der Waals surface area (Å²) in [5.41, 5.74) is 0.644. The van der Waals surface area contributed by atoms with Crippen LogP contribution in [0.2, 0.25) is 0 Å². The van der Waals surface area contributed by atoms with Crippen LogP contribution in [0.4, 0.5) is 5.82 Å². The van der Waals surface area contributed by atoms with E-state index in [0.717, 1.165) is 45.1 Å². The zero-order valence-electron chi connectivity index (χ0n) is 15.8. The van der Waals surface area contributed by atoms with E-state index in [0.29, 0.717) is 12.1 Å². The van der Waals surface area contributed by atoms with Gasteiger partial charge in [-0.05, 0) is 45.9 Å². The van der Waals surface area contributed by atoms with Gasteiger partial charge in [-0.1, -0.05) is 0 Å². The standard InChI is InChI=1S/C19H31N5O/c1-19(2,24-13-11-22(3)12-14-24)15-21-18(25)16-7-6-8-20-17(16)23-9-4-5-10-23/h6-8H,4-5,9-15H2,1-3H3,(H,21,25). The fourth-order valence-electron chi connectivity index (χ4n) is 3.67. The first-order chi connectivity index (χ1) is 12.0. The molecule has 3 rings (SSSR count). The summed E-state index contributed by atoms with van der Waals surface area (Å²) < 4.78 is 0. The van der Waals surface area contributed by atoms with Gasteiger partial charge in [0, 0.05) is 57.5 Å². The number of piperazine rings is 1. The zero-order chi connectivity index (χ0) is 17.9. The monoisotopic (exact) mass is 345 g/mol. The van der Waals surface area contributed by atoms with Gasteiger partial charge in [0.05, 0.1) is 5.56 Å². The van der Waals surface area contributed by atoms with Crippen LogP contribution >= 0.6 is 0 Å². The van der Waals surface area contributed by atoms with E-state index in [1.807, 2.05) is 12.1 Å². The highest BCUT2D eigenvalue weighted by Gasteiger charge is 2.30. The van der Waals surface area contributed by atoms with Crippen LogP contribution in [-0.2, 0) is 0 Å². The largest absolute Gasteiger partial charge is 0.356 e. The first-order valence-corrected chi connectivity index (χ1v) is 9.39. The number of rotatable bonds is 5. The molecule has 0 bridgehead atoms. The normalized spacial score (nSPS) is 20.0. The van der Waals surface area contributed by atoms with Gasteiger partial charge in [-0.2, -0.15) is 0 Å². The summed E-state index contributed by atoms with van der Waals surface area (Å²) >= 11 is 0. The lowest BCUT2D eigenvalue weighted by atomic mass is 10.0.